The first-order valence-corrected chi connectivity index (χ1v) is 9.05. The van der Waals surface area contributed by atoms with Crippen LogP contribution in [0.3, 0.4) is 0 Å². The summed E-state index contributed by atoms with van der Waals surface area (Å²) >= 11 is 0. The van der Waals surface area contributed by atoms with E-state index in [1.807, 2.05) is 13.8 Å². The lowest BCUT2D eigenvalue weighted by Gasteiger charge is -2.21. The second-order valence-electron chi connectivity index (χ2n) is 6.19. The largest absolute Gasteiger partial charge is 0.365 e. The van der Waals surface area contributed by atoms with Gasteiger partial charge < -0.3 is 20.9 Å². The molecule has 152 valence electrons. The number of nitrogens with one attached hydrogen (secondary N) is 3. The minimum Gasteiger partial charge on any atom is -0.365 e. The Balaban J connectivity index is 0.00000364. The molecule has 1 saturated heterocycles. The number of amides is 1. The van der Waals surface area contributed by atoms with Crippen molar-refractivity contribution in [2.75, 3.05) is 37.6 Å². The van der Waals surface area contributed by atoms with Gasteiger partial charge in [-0.2, -0.15) is 0 Å². The number of carbonyl (C=O) groups is 1. The number of hydrogen-bond acceptors (Lipinski definition) is 3. The SMILES string of the molecule is CCCNC(=O)CN=C(NCC)NC1CCN(c2c(F)cccc2F)C1.I. The second kappa shape index (κ2) is 11.9. The Morgan fingerprint density at radius 3 is 2.59 bits per heavy atom. The summed E-state index contributed by atoms with van der Waals surface area (Å²) in [5.74, 6) is -0.719. The highest BCUT2D eigenvalue weighted by molar-refractivity contribution is 14.0. The van der Waals surface area contributed by atoms with E-state index in [2.05, 4.69) is 20.9 Å². The van der Waals surface area contributed by atoms with Crippen LogP contribution in [0.25, 0.3) is 0 Å². The third-order valence-electron chi connectivity index (χ3n) is 4.08. The molecule has 0 saturated carbocycles. The molecule has 0 spiro atoms. The molecule has 0 bridgehead atoms. The van der Waals surface area contributed by atoms with Crippen molar-refractivity contribution in [2.24, 2.45) is 4.99 Å². The van der Waals surface area contributed by atoms with E-state index in [0.29, 0.717) is 32.1 Å². The standard InChI is InChI=1S/C18H27F2N5O.HI/c1-3-9-22-16(26)11-23-18(21-4-2)24-13-8-10-25(12-13)17-14(19)6-5-7-15(17)20;/h5-7,13H,3-4,8-12H2,1-2H3,(H,22,26)(H2,21,23,24);1H. The molecule has 27 heavy (non-hydrogen) atoms. The van der Waals surface area contributed by atoms with Gasteiger partial charge >= 0.3 is 0 Å². The zero-order valence-corrected chi connectivity index (χ0v) is 18.1. The monoisotopic (exact) mass is 495 g/mol. The molecule has 6 nitrogen and oxygen atoms in total. The molecule has 9 heteroatoms. The number of para-hydroxylation sites is 1. The van der Waals surface area contributed by atoms with Gasteiger partial charge in [0.05, 0.1) is 0 Å². The maximum absolute atomic E-state index is 13.9. The van der Waals surface area contributed by atoms with Gasteiger partial charge in [0.25, 0.3) is 0 Å². The van der Waals surface area contributed by atoms with Crippen LogP contribution in [0.2, 0.25) is 0 Å². The van der Waals surface area contributed by atoms with Gasteiger partial charge in [-0.25, -0.2) is 13.8 Å². The molecule has 0 aliphatic carbocycles. The van der Waals surface area contributed by atoms with Gasteiger partial charge in [0.2, 0.25) is 5.91 Å². The van der Waals surface area contributed by atoms with Crippen molar-refractivity contribution in [3.8, 4) is 0 Å². The van der Waals surface area contributed by atoms with Crippen LogP contribution in [-0.2, 0) is 4.79 Å². The van der Waals surface area contributed by atoms with Gasteiger partial charge in [-0.1, -0.05) is 13.0 Å². The Morgan fingerprint density at radius 2 is 1.96 bits per heavy atom. The van der Waals surface area contributed by atoms with Crippen molar-refractivity contribution in [2.45, 2.75) is 32.7 Å². The van der Waals surface area contributed by atoms with Crippen LogP contribution >= 0.6 is 24.0 Å². The van der Waals surface area contributed by atoms with Crippen molar-refractivity contribution >= 4 is 41.5 Å². The fourth-order valence-corrected chi connectivity index (χ4v) is 2.86. The molecule has 1 unspecified atom stereocenters. The van der Waals surface area contributed by atoms with E-state index in [9.17, 15) is 13.6 Å². The third-order valence-corrected chi connectivity index (χ3v) is 4.08. The third kappa shape index (κ3) is 7.11. The van der Waals surface area contributed by atoms with Crippen LogP contribution < -0.4 is 20.9 Å². The van der Waals surface area contributed by atoms with Crippen molar-refractivity contribution in [3.63, 3.8) is 0 Å². The molecule has 3 N–H and O–H groups in total. The zero-order chi connectivity index (χ0) is 18.9. The highest BCUT2D eigenvalue weighted by Gasteiger charge is 2.27. The maximum Gasteiger partial charge on any atom is 0.241 e. The number of hydrogen-bond donors (Lipinski definition) is 3. The van der Waals surface area contributed by atoms with Crippen LogP contribution in [0, 0.1) is 11.6 Å². The van der Waals surface area contributed by atoms with Crippen LogP contribution in [0.15, 0.2) is 23.2 Å². The van der Waals surface area contributed by atoms with Crippen LogP contribution in [-0.4, -0.2) is 50.6 Å². The summed E-state index contributed by atoms with van der Waals surface area (Å²) in [6.45, 7) is 6.25. The molecule has 1 aromatic carbocycles. The summed E-state index contributed by atoms with van der Waals surface area (Å²) in [6.07, 6.45) is 1.60. The predicted octanol–water partition coefficient (Wildman–Crippen LogP) is 2.24. The topological polar surface area (TPSA) is 68.8 Å². The highest BCUT2D eigenvalue weighted by atomic mass is 127. The zero-order valence-electron chi connectivity index (χ0n) is 15.7. The number of carbonyl (C=O) groups excluding carboxylic acids is 1. The Kier molecular flexibility index (Phi) is 10.3. The minimum absolute atomic E-state index is 0. The summed E-state index contributed by atoms with van der Waals surface area (Å²) in [5, 5.41) is 9.10. The number of rotatable bonds is 7. The number of nitrogens with zero attached hydrogens (tertiary/aromatic N) is 2. The Labute approximate surface area is 176 Å². The van der Waals surface area contributed by atoms with E-state index >= 15 is 0 Å². The summed E-state index contributed by atoms with van der Waals surface area (Å²) in [6, 6.07) is 3.88. The quantitative estimate of drug-likeness (QED) is 0.309. The number of benzene rings is 1. The number of anilines is 1. The molecule has 1 aromatic rings. The number of aliphatic imine (C=N–C) groups is 1. The molecular weight excluding hydrogens is 467 g/mol. The summed E-state index contributed by atoms with van der Waals surface area (Å²) in [7, 11) is 0. The Morgan fingerprint density at radius 1 is 1.26 bits per heavy atom. The van der Waals surface area contributed by atoms with Crippen molar-refractivity contribution in [1.29, 1.82) is 0 Å². The first kappa shape index (κ1) is 23.4. The van der Waals surface area contributed by atoms with E-state index in [-0.39, 0.29) is 48.2 Å². The van der Waals surface area contributed by atoms with Gasteiger partial charge in [-0.05, 0) is 31.9 Å². The first-order valence-electron chi connectivity index (χ1n) is 9.05. The van der Waals surface area contributed by atoms with E-state index in [4.69, 9.17) is 0 Å². The first-order chi connectivity index (χ1) is 12.5. The average molecular weight is 495 g/mol. The van der Waals surface area contributed by atoms with Gasteiger partial charge in [0.1, 0.15) is 23.9 Å². The normalized spacial score (nSPS) is 16.7. The van der Waals surface area contributed by atoms with Crippen molar-refractivity contribution in [1.82, 2.24) is 16.0 Å². The van der Waals surface area contributed by atoms with Gasteiger partial charge in [0, 0.05) is 32.2 Å². The molecular formula is C18H28F2IN5O. The lowest BCUT2D eigenvalue weighted by atomic mass is 10.2. The van der Waals surface area contributed by atoms with E-state index in [1.54, 1.807) is 4.90 Å². The fourth-order valence-electron chi connectivity index (χ4n) is 2.86. The van der Waals surface area contributed by atoms with Crippen LogP contribution in [0.4, 0.5) is 14.5 Å². The highest BCUT2D eigenvalue weighted by Crippen LogP contribution is 2.26. The molecule has 1 aliphatic heterocycles. The molecule has 1 aliphatic rings. The van der Waals surface area contributed by atoms with E-state index in [1.165, 1.54) is 18.2 Å². The smallest absolute Gasteiger partial charge is 0.241 e. The summed E-state index contributed by atoms with van der Waals surface area (Å²) in [4.78, 5) is 17.7. The summed E-state index contributed by atoms with van der Waals surface area (Å²) in [5.41, 5.74) is 0.0117. The molecule has 0 aromatic heterocycles. The van der Waals surface area contributed by atoms with E-state index in [0.717, 1.165) is 12.8 Å². The lowest BCUT2D eigenvalue weighted by molar-refractivity contribution is -0.119. The van der Waals surface area contributed by atoms with Gasteiger partial charge in [-0.3, -0.25) is 4.79 Å². The predicted molar refractivity (Wildman–Crippen MR) is 115 cm³/mol. The minimum atomic E-state index is -0.557. The van der Waals surface area contributed by atoms with Gasteiger partial charge in [-0.15, -0.1) is 24.0 Å². The number of halogens is 3. The number of guanidine groups is 1. The Bertz CT molecular complexity index is 624. The van der Waals surface area contributed by atoms with E-state index < -0.39 is 11.6 Å². The fraction of sp³-hybridized carbons (Fsp3) is 0.556. The molecule has 1 amide bonds. The molecule has 1 fully saturated rings. The molecule has 1 heterocycles. The maximum atomic E-state index is 13.9. The Hall–Kier alpha value is -1.65. The van der Waals surface area contributed by atoms with Crippen molar-refractivity contribution < 1.29 is 13.6 Å². The average Bonchev–Trinajstić information content (AvgIpc) is 3.06. The second-order valence-corrected chi connectivity index (χ2v) is 6.19. The molecule has 1 atom stereocenters. The molecule has 0 radical (unpaired) electrons. The van der Waals surface area contributed by atoms with Crippen LogP contribution in [0.5, 0.6) is 0 Å². The van der Waals surface area contributed by atoms with Crippen molar-refractivity contribution in [3.05, 3.63) is 29.8 Å². The lowest BCUT2D eigenvalue weighted by Crippen LogP contribution is -2.45. The molecule has 2 rings (SSSR count). The summed E-state index contributed by atoms with van der Waals surface area (Å²) < 4.78 is 27.9. The van der Waals surface area contributed by atoms with Crippen LogP contribution in [0.1, 0.15) is 26.7 Å². The van der Waals surface area contributed by atoms with Gasteiger partial charge in [0.15, 0.2) is 5.96 Å².